The van der Waals surface area contributed by atoms with Crippen LogP contribution in [0.1, 0.15) is 66.2 Å². The summed E-state index contributed by atoms with van der Waals surface area (Å²) in [6.45, 7) is 5.58. The topological polar surface area (TPSA) is 47.6 Å². The number of carbonyl (C=O) groups is 1. The third-order valence-electron chi connectivity index (χ3n) is 5.69. The zero-order chi connectivity index (χ0) is 19.5. The summed E-state index contributed by atoms with van der Waals surface area (Å²) in [7, 11) is 0. The number of ether oxygens (including phenoxy) is 2. The van der Waals surface area contributed by atoms with Crippen LogP contribution in [-0.4, -0.2) is 19.1 Å². The Morgan fingerprint density at radius 1 is 0.893 bits per heavy atom. The van der Waals surface area contributed by atoms with Crippen LogP contribution in [0, 0.1) is 5.92 Å². The Labute approximate surface area is 167 Å². The van der Waals surface area contributed by atoms with Gasteiger partial charge in [0.25, 0.3) is 5.91 Å². The lowest BCUT2D eigenvalue weighted by molar-refractivity contribution is 0.0925. The fourth-order valence-corrected chi connectivity index (χ4v) is 4.11. The van der Waals surface area contributed by atoms with Crippen molar-refractivity contribution in [1.82, 2.24) is 5.32 Å². The molecule has 28 heavy (non-hydrogen) atoms. The number of rotatable bonds is 4. The molecule has 2 aliphatic rings. The fourth-order valence-electron chi connectivity index (χ4n) is 4.11. The molecular weight excluding hydrogens is 350 g/mol. The van der Waals surface area contributed by atoms with Crippen molar-refractivity contribution in [3.63, 3.8) is 0 Å². The first-order valence-electron chi connectivity index (χ1n) is 10.4. The molecule has 0 bridgehead atoms. The van der Waals surface area contributed by atoms with Crippen LogP contribution in [0.3, 0.4) is 0 Å². The van der Waals surface area contributed by atoms with Crippen molar-refractivity contribution in [2.75, 3.05) is 13.2 Å². The summed E-state index contributed by atoms with van der Waals surface area (Å²) in [5.41, 5.74) is 4.52. The summed E-state index contributed by atoms with van der Waals surface area (Å²) in [4.78, 5) is 13.0. The minimum atomic E-state index is -0.0827. The highest BCUT2D eigenvalue weighted by molar-refractivity contribution is 5.94. The van der Waals surface area contributed by atoms with E-state index in [1.165, 1.54) is 24.0 Å². The van der Waals surface area contributed by atoms with Gasteiger partial charge in [-0.1, -0.05) is 26.0 Å². The highest BCUT2D eigenvalue weighted by Gasteiger charge is 2.22. The maximum atomic E-state index is 13.0. The van der Waals surface area contributed by atoms with Gasteiger partial charge in [0.05, 0.1) is 19.3 Å². The van der Waals surface area contributed by atoms with E-state index in [1.807, 2.05) is 24.3 Å². The van der Waals surface area contributed by atoms with E-state index in [9.17, 15) is 4.79 Å². The van der Waals surface area contributed by atoms with Crippen LogP contribution in [0.15, 0.2) is 36.4 Å². The van der Waals surface area contributed by atoms with Gasteiger partial charge in [-0.3, -0.25) is 4.79 Å². The van der Waals surface area contributed by atoms with Gasteiger partial charge in [-0.15, -0.1) is 0 Å². The molecule has 1 aliphatic heterocycles. The van der Waals surface area contributed by atoms with Crippen LogP contribution >= 0.6 is 0 Å². The van der Waals surface area contributed by atoms with Crippen LogP contribution < -0.4 is 14.8 Å². The Morgan fingerprint density at radius 3 is 2.43 bits per heavy atom. The zero-order valence-electron chi connectivity index (χ0n) is 16.8. The number of fused-ring (bicyclic) bond motifs is 2. The molecular formula is C24H29NO3. The van der Waals surface area contributed by atoms with Gasteiger partial charge in [-0.25, -0.2) is 0 Å². The van der Waals surface area contributed by atoms with Crippen molar-refractivity contribution in [3.05, 3.63) is 58.7 Å². The lowest BCUT2D eigenvalue weighted by atomic mass is 9.90. The van der Waals surface area contributed by atoms with E-state index >= 15 is 0 Å². The van der Waals surface area contributed by atoms with Crippen molar-refractivity contribution in [1.29, 1.82) is 0 Å². The van der Waals surface area contributed by atoms with Crippen LogP contribution in [0.2, 0.25) is 0 Å². The fraction of sp³-hybridized carbons (Fsp3) is 0.458. The highest BCUT2D eigenvalue weighted by Crippen LogP contribution is 2.34. The molecule has 0 unspecified atom stereocenters. The third kappa shape index (κ3) is 4.01. The monoisotopic (exact) mass is 379 g/mol. The van der Waals surface area contributed by atoms with Crippen molar-refractivity contribution in [2.24, 2.45) is 5.92 Å². The zero-order valence-corrected chi connectivity index (χ0v) is 16.8. The molecule has 1 amide bonds. The first-order valence-corrected chi connectivity index (χ1v) is 10.4. The number of hydrogen-bond donors (Lipinski definition) is 1. The molecule has 4 nitrogen and oxygen atoms in total. The third-order valence-corrected chi connectivity index (χ3v) is 5.69. The molecule has 148 valence electrons. The maximum Gasteiger partial charge on any atom is 0.251 e. The lowest BCUT2D eigenvalue weighted by Crippen LogP contribution is -2.32. The van der Waals surface area contributed by atoms with Crippen molar-refractivity contribution in [3.8, 4) is 11.5 Å². The summed E-state index contributed by atoms with van der Waals surface area (Å²) in [6, 6.07) is 12.1. The van der Waals surface area contributed by atoms with E-state index in [2.05, 4.69) is 31.3 Å². The second kappa shape index (κ2) is 8.26. The summed E-state index contributed by atoms with van der Waals surface area (Å²) < 4.78 is 11.6. The van der Waals surface area contributed by atoms with E-state index in [0.29, 0.717) is 13.2 Å². The average Bonchev–Trinajstić information content (AvgIpc) is 2.96. The minimum Gasteiger partial charge on any atom is -0.490 e. The Morgan fingerprint density at radius 2 is 1.64 bits per heavy atom. The molecule has 1 atom stereocenters. The molecule has 0 spiro atoms. The maximum absolute atomic E-state index is 13.0. The molecule has 4 heteroatoms. The largest absolute Gasteiger partial charge is 0.490 e. The Hall–Kier alpha value is -2.49. The molecule has 0 saturated heterocycles. The minimum absolute atomic E-state index is 0.0146. The number of benzene rings is 2. The molecule has 0 saturated carbocycles. The van der Waals surface area contributed by atoms with E-state index < -0.39 is 0 Å². The van der Waals surface area contributed by atoms with E-state index in [0.717, 1.165) is 41.9 Å². The highest BCUT2D eigenvalue weighted by atomic mass is 16.5. The van der Waals surface area contributed by atoms with Gasteiger partial charge in [0.2, 0.25) is 0 Å². The number of nitrogens with one attached hydrogen (secondary N) is 1. The van der Waals surface area contributed by atoms with Crippen LogP contribution in [0.25, 0.3) is 0 Å². The Bertz CT molecular complexity index is 859. The second-order valence-corrected chi connectivity index (χ2v) is 8.14. The van der Waals surface area contributed by atoms with Gasteiger partial charge in [-0.05, 0) is 72.6 Å². The SMILES string of the molecule is CC(C)[C@H](NC(=O)c1ccc2c(c1)CCCC2)c1ccc2c(c1)OCCCO2. The average molecular weight is 380 g/mol. The normalized spacial score (nSPS) is 16.8. The van der Waals surface area contributed by atoms with Gasteiger partial charge in [0.15, 0.2) is 11.5 Å². The Balaban J connectivity index is 1.55. The van der Waals surface area contributed by atoms with Gasteiger partial charge in [0.1, 0.15) is 0 Å². The molecule has 0 aromatic heterocycles. The first kappa shape index (κ1) is 18.9. The lowest BCUT2D eigenvalue weighted by Gasteiger charge is -2.24. The number of amides is 1. The van der Waals surface area contributed by atoms with E-state index in [-0.39, 0.29) is 17.9 Å². The summed E-state index contributed by atoms with van der Waals surface area (Å²) in [5, 5.41) is 3.24. The Kier molecular flexibility index (Phi) is 5.56. The number of carbonyl (C=O) groups excluding carboxylic acids is 1. The van der Waals surface area contributed by atoms with Crippen molar-refractivity contribution in [2.45, 2.75) is 52.0 Å². The molecule has 2 aromatic rings. The van der Waals surface area contributed by atoms with Crippen LogP contribution in [0.4, 0.5) is 0 Å². The van der Waals surface area contributed by atoms with Gasteiger partial charge in [0, 0.05) is 12.0 Å². The smallest absolute Gasteiger partial charge is 0.251 e. The van der Waals surface area contributed by atoms with Crippen molar-refractivity contribution < 1.29 is 14.3 Å². The van der Waals surface area contributed by atoms with Gasteiger partial charge in [-0.2, -0.15) is 0 Å². The molecule has 2 aromatic carbocycles. The summed E-state index contributed by atoms with van der Waals surface area (Å²) >= 11 is 0. The quantitative estimate of drug-likeness (QED) is 0.826. The van der Waals surface area contributed by atoms with Crippen LogP contribution in [0.5, 0.6) is 11.5 Å². The second-order valence-electron chi connectivity index (χ2n) is 8.14. The predicted octanol–water partition coefficient (Wildman–Crippen LogP) is 4.85. The van der Waals surface area contributed by atoms with E-state index in [4.69, 9.17) is 9.47 Å². The first-order chi connectivity index (χ1) is 13.6. The number of aryl methyl sites for hydroxylation is 2. The molecule has 0 radical (unpaired) electrons. The molecule has 0 fully saturated rings. The van der Waals surface area contributed by atoms with E-state index in [1.54, 1.807) is 0 Å². The summed E-state index contributed by atoms with van der Waals surface area (Å²) in [6.07, 6.45) is 5.55. The molecule has 1 N–H and O–H groups in total. The summed E-state index contributed by atoms with van der Waals surface area (Å²) in [5.74, 6) is 1.79. The van der Waals surface area contributed by atoms with Crippen molar-refractivity contribution >= 4 is 5.91 Å². The van der Waals surface area contributed by atoms with Crippen LogP contribution in [-0.2, 0) is 12.8 Å². The molecule has 4 rings (SSSR count). The van der Waals surface area contributed by atoms with Gasteiger partial charge < -0.3 is 14.8 Å². The molecule has 1 heterocycles. The standard InChI is InChI=1S/C24H29NO3/c1-16(2)23(19-10-11-21-22(15-19)28-13-5-12-27-21)25-24(26)20-9-8-17-6-3-4-7-18(17)14-20/h8-11,14-16,23H,3-7,12-13H2,1-2H3,(H,25,26)/t23-/m0/s1. The number of hydrogen-bond acceptors (Lipinski definition) is 3. The molecule has 1 aliphatic carbocycles. The predicted molar refractivity (Wildman–Crippen MR) is 110 cm³/mol. The van der Waals surface area contributed by atoms with Gasteiger partial charge >= 0.3 is 0 Å².